The van der Waals surface area contributed by atoms with Crippen LogP contribution in [0, 0.1) is 24.7 Å². The third-order valence-electron chi connectivity index (χ3n) is 5.71. The molecule has 2 saturated carbocycles. The van der Waals surface area contributed by atoms with Crippen LogP contribution in [0.2, 0.25) is 0 Å². The third-order valence-corrected chi connectivity index (χ3v) is 6.91. The van der Waals surface area contributed by atoms with Gasteiger partial charge in [0.25, 0.3) is 5.91 Å². The number of aromatic nitrogens is 2. The molecule has 1 amide bonds. The highest BCUT2D eigenvalue weighted by molar-refractivity contribution is 7.17. The van der Waals surface area contributed by atoms with Crippen LogP contribution in [0.4, 0.5) is 0 Å². The van der Waals surface area contributed by atoms with E-state index in [1.807, 2.05) is 19.1 Å². The van der Waals surface area contributed by atoms with Crippen LogP contribution in [-0.2, 0) is 0 Å². The first-order chi connectivity index (χ1) is 11.6. The van der Waals surface area contributed by atoms with Crippen molar-refractivity contribution in [3.63, 3.8) is 0 Å². The number of carbonyl (C=O) groups is 1. The van der Waals surface area contributed by atoms with Gasteiger partial charge in [-0.2, -0.15) is 0 Å². The van der Waals surface area contributed by atoms with Crippen molar-refractivity contribution in [2.45, 2.75) is 45.6 Å². The number of amides is 1. The van der Waals surface area contributed by atoms with Crippen LogP contribution in [-0.4, -0.2) is 21.9 Å². The standard InChI is InChI=1S/C19H23N3OS/c1-11(16-9-13-5-6-14(16)8-13)21-18(23)17-12(2)22-19(24-17)15-4-3-7-20-10-15/h3-4,7,10-11,13-14,16H,5-6,8-9H2,1-2H3,(H,21,23)/t11-,13+,14+,16-/m1/s1. The van der Waals surface area contributed by atoms with Crippen LogP contribution in [0.25, 0.3) is 10.6 Å². The summed E-state index contributed by atoms with van der Waals surface area (Å²) >= 11 is 1.46. The molecule has 0 spiro atoms. The van der Waals surface area contributed by atoms with E-state index >= 15 is 0 Å². The molecule has 2 bridgehead atoms. The van der Waals surface area contributed by atoms with Gasteiger partial charge in [-0.1, -0.05) is 6.42 Å². The molecule has 0 aliphatic heterocycles. The molecule has 4 rings (SSSR count). The number of nitrogens with zero attached hydrogens (tertiary/aromatic N) is 2. The largest absolute Gasteiger partial charge is 0.349 e. The fourth-order valence-electron chi connectivity index (χ4n) is 4.51. The molecule has 1 N–H and O–H groups in total. The molecule has 0 unspecified atom stereocenters. The number of rotatable bonds is 4. The Bertz CT molecular complexity index is 742. The van der Waals surface area contributed by atoms with Gasteiger partial charge in [-0.05, 0) is 63.0 Å². The van der Waals surface area contributed by atoms with E-state index in [4.69, 9.17) is 0 Å². The second kappa shape index (κ2) is 6.28. The number of nitrogens with one attached hydrogen (secondary N) is 1. The molecule has 0 radical (unpaired) electrons. The summed E-state index contributed by atoms with van der Waals surface area (Å²) in [5, 5.41) is 4.10. The van der Waals surface area contributed by atoms with E-state index in [1.165, 1.54) is 37.0 Å². The Labute approximate surface area is 146 Å². The summed E-state index contributed by atoms with van der Waals surface area (Å²) in [5.74, 6) is 2.40. The molecular formula is C19H23N3OS. The maximum atomic E-state index is 12.7. The predicted octanol–water partition coefficient (Wildman–Crippen LogP) is 4.07. The number of carbonyl (C=O) groups excluding carboxylic acids is 1. The molecule has 0 saturated heterocycles. The summed E-state index contributed by atoms with van der Waals surface area (Å²) < 4.78 is 0. The normalized spacial score (nSPS) is 26.5. The summed E-state index contributed by atoms with van der Waals surface area (Å²) in [5.41, 5.74) is 1.77. The Morgan fingerprint density at radius 3 is 2.92 bits per heavy atom. The van der Waals surface area contributed by atoms with Gasteiger partial charge in [0, 0.05) is 24.0 Å². The minimum Gasteiger partial charge on any atom is -0.349 e. The molecule has 126 valence electrons. The van der Waals surface area contributed by atoms with Gasteiger partial charge < -0.3 is 5.32 Å². The lowest BCUT2D eigenvalue weighted by molar-refractivity contribution is 0.0918. The minimum absolute atomic E-state index is 0.0235. The second-order valence-corrected chi connectivity index (χ2v) is 8.28. The molecule has 2 aliphatic rings. The van der Waals surface area contributed by atoms with Crippen LogP contribution in [0.5, 0.6) is 0 Å². The zero-order valence-corrected chi connectivity index (χ0v) is 15.0. The number of aryl methyl sites for hydroxylation is 1. The Morgan fingerprint density at radius 1 is 1.38 bits per heavy atom. The number of hydrogen-bond donors (Lipinski definition) is 1. The first-order valence-electron chi connectivity index (χ1n) is 8.80. The molecule has 2 aromatic heterocycles. The number of fused-ring (bicyclic) bond motifs is 2. The van der Waals surface area contributed by atoms with Crippen LogP contribution in [0.1, 0.15) is 48.0 Å². The van der Waals surface area contributed by atoms with Crippen molar-refractivity contribution < 1.29 is 4.79 Å². The van der Waals surface area contributed by atoms with Crippen molar-refractivity contribution in [2.75, 3.05) is 0 Å². The van der Waals surface area contributed by atoms with Gasteiger partial charge in [-0.3, -0.25) is 9.78 Å². The van der Waals surface area contributed by atoms with Crippen molar-refractivity contribution >= 4 is 17.2 Å². The van der Waals surface area contributed by atoms with Gasteiger partial charge in [0.15, 0.2) is 0 Å². The second-order valence-electron chi connectivity index (χ2n) is 7.28. The van der Waals surface area contributed by atoms with Crippen LogP contribution < -0.4 is 5.32 Å². The fourth-order valence-corrected chi connectivity index (χ4v) is 5.46. The van der Waals surface area contributed by atoms with Crippen LogP contribution >= 0.6 is 11.3 Å². The van der Waals surface area contributed by atoms with E-state index in [-0.39, 0.29) is 11.9 Å². The van der Waals surface area contributed by atoms with E-state index in [2.05, 4.69) is 22.2 Å². The molecule has 2 aliphatic carbocycles. The number of pyridine rings is 1. The number of hydrogen-bond acceptors (Lipinski definition) is 4. The van der Waals surface area contributed by atoms with Gasteiger partial charge in [0.1, 0.15) is 9.88 Å². The van der Waals surface area contributed by atoms with E-state index in [1.54, 1.807) is 12.4 Å². The van der Waals surface area contributed by atoms with Crippen LogP contribution in [0.3, 0.4) is 0 Å². The average molecular weight is 341 g/mol. The van der Waals surface area contributed by atoms with Crippen molar-refractivity contribution in [1.82, 2.24) is 15.3 Å². The maximum Gasteiger partial charge on any atom is 0.263 e. The highest BCUT2D eigenvalue weighted by atomic mass is 32.1. The summed E-state index contributed by atoms with van der Waals surface area (Å²) in [6, 6.07) is 4.12. The monoisotopic (exact) mass is 341 g/mol. The van der Waals surface area contributed by atoms with E-state index in [0.29, 0.717) is 5.92 Å². The molecule has 5 heteroatoms. The Hall–Kier alpha value is -1.75. The predicted molar refractivity (Wildman–Crippen MR) is 95.9 cm³/mol. The lowest BCUT2D eigenvalue weighted by atomic mass is 9.84. The molecule has 2 aromatic rings. The first kappa shape index (κ1) is 15.8. The fraction of sp³-hybridized carbons (Fsp3) is 0.526. The van der Waals surface area contributed by atoms with Crippen LogP contribution in [0.15, 0.2) is 24.5 Å². The summed E-state index contributed by atoms with van der Waals surface area (Å²) in [6.45, 7) is 4.08. The Kier molecular flexibility index (Phi) is 4.12. The quantitative estimate of drug-likeness (QED) is 0.912. The van der Waals surface area contributed by atoms with Crippen molar-refractivity contribution in [1.29, 1.82) is 0 Å². The van der Waals surface area contributed by atoms with Crippen molar-refractivity contribution in [3.8, 4) is 10.6 Å². The summed E-state index contributed by atoms with van der Waals surface area (Å²) in [4.78, 5) is 22.1. The molecule has 24 heavy (non-hydrogen) atoms. The molecular weight excluding hydrogens is 318 g/mol. The Balaban J connectivity index is 1.47. The van der Waals surface area contributed by atoms with Crippen molar-refractivity contribution in [3.05, 3.63) is 35.1 Å². The van der Waals surface area contributed by atoms with Gasteiger partial charge in [0.05, 0.1) is 5.69 Å². The average Bonchev–Trinajstić information content (AvgIpc) is 3.30. The zero-order valence-electron chi connectivity index (χ0n) is 14.2. The number of thiazole rings is 1. The molecule has 2 heterocycles. The highest BCUT2D eigenvalue weighted by Crippen LogP contribution is 2.49. The molecule has 0 aromatic carbocycles. The zero-order chi connectivity index (χ0) is 16.7. The third kappa shape index (κ3) is 2.86. The van der Waals surface area contributed by atoms with Gasteiger partial charge in [0.2, 0.25) is 0 Å². The Morgan fingerprint density at radius 2 is 2.25 bits per heavy atom. The van der Waals surface area contributed by atoms with Crippen molar-refractivity contribution in [2.24, 2.45) is 17.8 Å². The van der Waals surface area contributed by atoms with Gasteiger partial charge in [-0.25, -0.2) is 4.98 Å². The minimum atomic E-state index is 0.0235. The summed E-state index contributed by atoms with van der Waals surface area (Å²) in [7, 11) is 0. The molecule has 4 nitrogen and oxygen atoms in total. The SMILES string of the molecule is Cc1nc(-c2cccnc2)sc1C(=O)N[C@H](C)[C@H]1C[C@H]2CC[C@H]1C2. The molecule has 4 atom stereocenters. The lowest BCUT2D eigenvalue weighted by Crippen LogP contribution is -2.40. The lowest BCUT2D eigenvalue weighted by Gasteiger charge is -2.28. The highest BCUT2D eigenvalue weighted by Gasteiger charge is 2.42. The van der Waals surface area contributed by atoms with E-state index in [0.717, 1.165) is 33.0 Å². The first-order valence-corrected chi connectivity index (χ1v) is 9.62. The topological polar surface area (TPSA) is 54.9 Å². The van der Waals surface area contributed by atoms with Gasteiger partial charge in [-0.15, -0.1) is 11.3 Å². The summed E-state index contributed by atoms with van der Waals surface area (Å²) in [6.07, 6.45) is 8.93. The smallest absolute Gasteiger partial charge is 0.263 e. The van der Waals surface area contributed by atoms with Gasteiger partial charge >= 0.3 is 0 Å². The molecule has 2 fully saturated rings. The van der Waals surface area contributed by atoms with E-state index in [9.17, 15) is 4.79 Å². The van der Waals surface area contributed by atoms with E-state index < -0.39 is 0 Å². The maximum absolute atomic E-state index is 12.7.